The summed E-state index contributed by atoms with van der Waals surface area (Å²) in [5.74, 6) is -1.70. The van der Waals surface area contributed by atoms with Crippen molar-refractivity contribution in [2.45, 2.75) is 13.1 Å². The molecule has 0 spiro atoms. The van der Waals surface area contributed by atoms with E-state index in [0.29, 0.717) is 0 Å². The third kappa shape index (κ3) is 2.56. The van der Waals surface area contributed by atoms with Gasteiger partial charge in [-0.3, -0.25) is 9.78 Å². The lowest BCUT2D eigenvalue weighted by molar-refractivity contribution is -0.139. The van der Waals surface area contributed by atoms with Crippen LogP contribution in [0.4, 0.5) is 17.6 Å². The van der Waals surface area contributed by atoms with Crippen LogP contribution in [0.15, 0.2) is 35.3 Å². The van der Waals surface area contributed by atoms with Crippen LogP contribution in [0.25, 0.3) is 22.3 Å². The van der Waals surface area contributed by atoms with Crippen molar-refractivity contribution in [1.29, 1.82) is 0 Å². The van der Waals surface area contributed by atoms with E-state index in [4.69, 9.17) is 0 Å². The van der Waals surface area contributed by atoms with Crippen molar-refractivity contribution in [2.75, 3.05) is 0 Å². The SMILES string of the molecule is Cc1cc(=O)c2c(-c3ccccn3)nc(F)c(C(F)(F)F)c2[nH]1. The molecule has 4 nitrogen and oxygen atoms in total. The molecule has 0 aliphatic rings. The number of rotatable bonds is 1. The molecular formula is C15H9F4N3O. The summed E-state index contributed by atoms with van der Waals surface area (Å²) in [5.41, 5.74) is -2.84. The number of pyridine rings is 3. The van der Waals surface area contributed by atoms with Crippen LogP contribution in [0, 0.1) is 12.9 Å². The number of aromatic nitrogens is 3. The number of H-pyrrole nitrogens is 1. The quantitative estimate of drug-likeness (QED) is 0.551. The van der Waals surface area contributed by atoms with Crippen LogP contribution in [0.5, 0.6) is 0 Å². The summed E-state index contributed by atoms with van der Waals surface area (Å²) in [4.78, 5) is 21.9. The van der Waals surface area contributed by atoms with Crippen molar-refractivity contribution in [3.8, 4) is 11.4 Å². The van der Waals surface area contributed by atoms with Crippen LogP contribution in [-0.2, 0) is 6.18 Å². The molecule has 0 atom stereocenters. The van der Waals surface area contributed by atoms with Gasteiger partial charge in [-0.1, -0.05) is 6.07 Å². The van der Waals surface area contributed by atoms with E-state index in [1.54, 1.807) is 12.1 Å². The topological polar surface area (TPSA) is 58.6 Å². The largest absolute Gasteiger partial charge is 0.422 e. The van der Waals surface area contributed by atoms with Gasteiger partial charge in [-0.25, -0.2) is 4.98 Å². The van der Waals surface area contributed by atoms with Crippen LogP contribution in [0.1, 0.15) is 11.3 Å². The Morgan fingerprint density at radius 1 is 1.22 bits per heavy atom. The van der Waals surface area contributed by atoms with Gasteiger partial charge in [0.25, 0.3) is 0 Å². The van der Waals surface area contributed by atoms with Crippen LogP contribution in [0.2, 0.25) is 0 Å². The first kappa shape index (κ1) is 15.1. The first-order valence-corrected chi connectivity index (χ1v) is 6.51. The van der Waals surface area contributed by atoms with E-state index in [-0.39, 0.29) is 22.5 Å². The number of hydrogen-bond donors (Lipinski definition) is 1. The summed E-state index contributed by atoms with van der Waals surface area (Å²) in [6, 6.07) is 5.72. The van der Waals surface area contributed by atoms with E-state index in [1.807, 2.05) is 0 Å². The predicted octanol–water partition coefficient (Wildman–Crippen LogP) is 3.45. The number of nitrogens with one attached hydrogen (secondary N) is 1. The number of hydrogen-bond acceptors (Lipinski definition) is 3. The third-order valence-electron chi connectivity index (χ3n) is 3.26. The van der Waals surface area contributed by atoms with Gasteiger partial charge in [-0.15, -0.1) is 0 Å². The Morgan fingerprint density at radius 2 is 1.96 bits per heavy atom. The second-order valence-corrected chi connectivity index (χ2v) is 4.91. The molecule has 0 amide bonds. The van der Waals surface area contributed by atoms with Crippen LogP contribution < -0.4 is 5.43 Å². The third-order valence-corrected chi connectivity index (χ3v) is 3.26. The molecular weight excluding hydrogens is 314 g/mol. The van der Waals surface area contributed by atoms with Crippen molar-refractivity contribution < 1.29 is 17.6 Å². The lowest BCUT2D eigenvalue weighted by Crippen LogP contribution is -2.16. The predicted molar refractivity (Wildman–Crippen MR) is 75.3 cm³/mol. The van der Waals surface area contributed by atoms with Gasteiger partial charge >= 0.3 is 6.18 Å². The van der Waals surface area contributed by atoms with Crippen molar-refractivity contribution in [3.05, 3.63) is 57.9 Å². The Morgan fingerprint density at radius 3 is 2.57 bits per heavy atom. The molecule has 0 aromatic carbocycles. The molecule has 0 saturated heterocycles. The van der Waals surface area contributed by atoms with Gasteiger partial charge in [0.2, 0.25) is 5.95 Å². The van der Waals surface area contributed by atoms with Gasteiger partial charge in [0, 0.05) is 18.0 Å². The molecule has 3 aromatic heterocycles. The van der Waals surface area contributed by atoms with Crippen molar-refractivity contribution in [1.82, 2.24) is 15.0 Å². The zero-order chi connectivity index (χ0) is 16.8. The lowest BCUT2D eigenvalue weighted by atomic mass is 10.1. The van der Waals surface area contributed by atoms with Crippen LogP contribution in [0.3, 0.4) is 0 Å². The lowest BCUT2D eigenvalue weighted by Gasteiger charge is -2.14. The highest BCUT2D eigenvalue weighted by Gasteiger charge is 2.39. The fourth-order valence-corrected chi connectivity index (χ4v) is 2.37. The fraction of sp³-hybridized carbons (Fsp3) is 0.133. The van der Waals surface area contributed by atoms with Crippen molar-refractivity contribution in [3.63, 3.8) is 0 Å². The van der Waals surface area contributed by atoms with Gasteiger partial charge < -0.3 is 4.98 Å². The molecule has 23 heavy (non-hydrogen) atoms. The van der Waals surface area contributed by atoms with Gasteiger partial charge in [-0.05, 0) is 19.1 Å². The average molecular weight is 323 g/mol. The zero-order valence-electron chi connectivity index (χ0n) is 11.7. The normalized spacial score (nSPS) is 11.9. The first-order valence-electron chi connectivity index (χ1n) is 6.51. The molecule has 0 saturated carbocycles. The number of aromatic amines is 1. The van der Waals surface area contributed by atoms with Crippen LogP contribution in [-0.4, -0.2) is 15.0 Å². The van der Waals surface area contributed by atoms with E-state index < -0.39 is 28.6 Å². The summed E-state index contributed by atoms with van der Waals surface area (Å²) in [6.45, 7) is 1.42. The maximum Gasteiger partial charge on any atom is 0.422 e. The summed E-state index contributed by atoms with van der Waals surface area (Å²) in [5, 5.41) is -0.344. The molecule has 3 aromatic rings. The number of nitrogens with zero attached hydrogens (tertiary/aromatic N) is 2. The molecule has 0 radical (unpaired) electrons. The second kappa shape index (κ2) is 5.15. The monoisotopic (exact) mass is 323 g/mol. The smallest absolute Gasteiger partial charge is 0.358 e. The number of halogens is 4. The molecule has 1 N–H and O–H groups in total. The first-order chi connectivity index (χ1) is 10.8. The molecule has 118 valence electrons. The van der Waals surface area contributed by atoms with Gasteiger partial charge in [-0.2, -0.15) is 17.6 Å². The summed E-state index contributed by atoms with van der Waals surface area (Å²) in [6.07, 6.45) is -3.62. The van der Waals surface area contributed by atoms with E-state index >= 15 is 0 Å². The molecule has 8 heteroatoms. The van der Waals surface area contributed by atoms with E-state index in [2.05, 4.69) is 15.0 Å². The second-order valence-electron chi connectivity index (χ2n) is 4.91. The highest BCUT2D eigenvalue weighted by molar-refractivity contribution is 5.93. The minimum absolute atomic E-state index is 0.111. The molecule has 0 aliphatic heterocycles. The standard InChI is InChI=1S/C15H9F4N3O/c1-7-6-9(23)10-12(8-4-2-3-5-20-8)22-14(16)11(13(10)21-7)15(17,18)19/h2-6H,1H3,(H,21,23). The highest BCUT2D eigenvalue weighted by atomic mass is 19.4. The summed E-state index contributed by atoms with van der Waals surface area (Å²) in [7, 11) is 0. The number of aryl methyl sites for hydroxylation is 1. The van der Waals surface area contributed by atoms with Gasteiger partial charge in [0.1, 0.15) is 11.3 Å². The van der Waals surface area contributed by atoms with E-state index in [0.717, 1.165) is 6.07 Å². The number of alkyl halides is 3. The van der Waals surface area contributed by atoms with E-state index in [1.165, 1.54) is 19.2 Å². The highest BCUT2D eigenvalue weighted by Crippen LogP contribution is 2.37. The minimum Gasteiger partial charge on any atom is -0.358 e. The van der Waals surface area contributed by atoms with Gasteiger partial charge in [0.15, 0.2) is 5.43 Å². The molecule has 0 fully saturated rings. The Hall–Kier alpha value is -2.77. The molecule has 0 unspecified atom stereocenters. The van der Waals surface area contributed by atoms with Crippen LogP contribution >= 0.6 is 0 Å². The Labute approximate surface area is 126 Å². The number of fused-ring (bicyclic) bond motifs is 1. The maximum absolute atomic E-state index is 14.0. The average Bonchev–Trinajstić information content (AvgIpc) is 2.45. The van der Waals surface area contributed by atoms with Crippen molar-refractivity contribution in [2.24, 2.45) is 0 Å². The summed E-state index contributed by atoms with van der Waals surface area (Å²) < 4.78 is 53.5. The molecule has 3 heterocycles. The molecule has 3 rings (SSSR count). The molecule has 0 bridgehead atoms. The fourth-order valence-electron chi connectivity index (χ4n) is 2.37. The zero-order valence-corrected chi connectivity index (χ0v) is 11.7. The van der Waals surface area contributed by atoms with Crippen molar-refractivity contribution >= 4 is 10.9 Å². The van der Waals surface area contributed by atoms with E-state index in [9.17, 15) is 22.4 Å². The Balaban J connectivity index is 2.53. The summed E-state index contributed by atoms with van der Waals surface area (Å²) >= 11 is 0. The Kier molecular flexibility index (Phi) is 3.39. The maximum atomic E-state index is 14.0. The van der Waals surface area contributed by atoms with Gasteiger partial charge in [0.05, 0.1) is 16.6 Å². The Bertz CT molecular complexity index is 949. The minimum atomic E-state index is -4.99. The molecule has 0 aliphatic carbocycles.